The molecule has 0 spiro atoms. The lowest BCUT2D eigenvalue weighted by atomic mass is 10.2. The van der Waals surface area contributed by atoms with Crippen LogP contribution < -0.4 is 10.1 Å². The SMILES string of the molecule is COc1ccc(NC(=O)C(C)N2CCN(C(=O)c3cccs3)CC2)c([N+](=O)[O-])c1. The Morgan fingerprint density at radius 3 is 2.55 bits per heavy atom. The maximum absolute atomic E-state index is 12.7. The summed E-state index contributed by atoms with van der Waals surface area (Å²) in [4.78, 5) is 40.3. The van der Waals surface area contributed by atoms with E-state index in [0.717, 1.165) is 0 Å². The number of carbonyl (C=O) groups excluding carboxylic acids is 2. The van der Waals surface area contributed by atoms with Crippen molar-refractivity contribution in [2.24, 2.45) is 0 Å². The molecule has 0 aliphatic carbocycles. The van der Waals surface area contributed by atoms with Crippen LogP contribution in [0.5, 0.6) is 5.75 Å². The predicted molar refractivity (Wildman–Crippen MR) is 110 cm³/mol. The second-order valence-electron chi connectivity index (χ2n) is 6.61. The first-order valence-corrected chi connectivity index (χ1v) is 9.98. The zero-order chi connectivity index (χ0) is 21.0. The van der Waals surface area contributed by atoms with Gasteiger partial charge in [0.25, 0.3) is 11.6 Å². The van der Waals surface area contributed by atoms with Crippen LogP contribution in [0.1, 0.15) is 16.6 Å². The van der Waals surface area contributed by atoms with Crippen LogP contribution in [-0.4, -0.2) is 65.9 Å². The fourth-order valence-corrected chi connectivity index (χ4v) is 3.86. The summed E-state index contributed by atoms with van der Waals surface area (Å²) >= 11 is 1.41. The molecule has 0 saturated carbocycles. The van der Waals surface area contributed by atoms with Crippen molar-refractivity contribution in [3.05, 3.63) is 50.7 Å². The van der Waals surface area contributed by atoms with E-state index >= 15 is 0 Å². The van der Waals surface area contributed by atoms with Crippen molar-refractivity contribution in [3.63, 3.8) is 0 Å². The maximum Gasteiger partial charge on any atom is 0.296 e. The van der Waals surface area contributed by atoms with Crippen LogP contribution in [0.15, 0.2) is 35.7 Å². The number of nitrogens with zero attached hydrogens (tertiary/aromatic N) is 3. The Balaban J connectivity index is 1.60. The minimum absolute atomic E-state index is 0.00520. The normalized spacial score (nSPS) is 15.6. The van der Waals surface area contributed by atoms with Gasteiger partial charge in [-0.1, -0.05) is 6.07 Å². The fraction of sp³-hybridized carbons (Fsp3) is 0.368. The number of carbonyl (C=O) groups is 2. The van der Waals surface area contributed by atoms with Crippen molar-refractivity contribution >= 4 is 34.5 Å². The summed E-state index contributed by atoms with van der Waals surface area (Å²) in [7, 11) is 1.42. The van der Waals surface area contributed by atoms with Gasteiger partial charge in [-0.2, -0.15) is 0 Å². The Morgan fingerprint density at radius 1 is 1.24 bits per heavy atom. The summed E-state index contributed by atoms with van der Waals surface area (Å²) in [6.07, 6.45) is 0. The van der Waals surface area contributed by atoms with Crippen molar-refractivity contribution in [2.75, 3.05) is 38.6 Å². The number of rotatable bonds is 6. The number of thiophene rings is 1. The van der Waals surface area contributed by atoms with Crippen LogP contribution >= 0.6 is 11.3 Å². The molecule has 10 heteroatoms. The van der Waals surface area contributed by atoms with E-state index < -0.39 is 11.0 Å². The van der Waals surface area contributed by atoms with Crippen LogP contribution in [0.4, 0.5) is 11.4 Å². The molecule has 1 aromatic carbocycles. The minimum Gasteiger partial charge on any atom is -0.496 e. The van der Waals surface area contributed by atoms with Gasteiger partial charge in [0.1, 0.15) is 11.4 Å². The molecule has 0 bridgehead atoms. The summed E-state index contributed by atoms with van der Waals surface area (Å²) in [6.45, 7) is 3.91. The third kappa shape index (κ3) is 4.72. The lowest BCUT2D eigenvalue weighted by molar-refractivity contribution is -0.384. The third-order valence-corrected chi connectivity index (χ3v) is 5.78. The largest absolute Gasteiger partial charge is 0.496 e. The number of piperazine rings is 1. The van der Waals surface area contributed by atoms with E-state index in [0.29, 0.717) is 36.8 Å². The van der Waals surface area contributed by atoms with E-state index in [-0.39, 0.29) is 23.2 Å². The monoisotopic (exact) mass is 418 g/mol. The van der Waals surface area contributed by atoms with E-state index in [2.05, 4.69) is 5.32 Å². The van der Waals surface area contributed by atoms with Gasteiger partial charge in [-0.05, 0) is 30.5 Å². The Morgan fingerprint density at radius 2 is 1.97 bits per heavy atom. The molecule has 9 nitrogen and oxygen atoms in total. The minimum atomic E-state index is -0.558. The van der Waals surface area contributed by atoms with Crippen LogP contribution in [-0.2, 0) is 4.79 Å². The first-order valence-electron chi connectivity index (χ1n) is 9.11. The molecule has 1 N–H and O–H groups in total. The number of hydrogen-bond acceptors (Lipinski definition) is 7. The molecule has 1 aliphatic heterocycles. The molecule has 1 unspecified atom stereocenters. The molecule has 1 fully saturated rings. The lowest BCUT2D eigenvalue weighted by Crippen LogP contribution is -2.54. The number of nitro benzene ring substituents is 1. The second kappa shape index (κ2) is 9.01. The number of benzene rings is 1. The smallest absolute Gasteiger partial charge is 0.296 e. The van der Waals surface area contributed by atoms with Crippen molar-refractivity contribution in [1.82, 2.24) is 9.80 Å². The molecule has 0 radical (unpaired) electrons. The summed E-state index contributed by atoms with van der Waals surface area (Å²) in [6, 6.07) is 7.45. The summed E-state index contributed by atoms with van der Waals surface area (Å²) in [5.74, 6) is 0.0104. The van der Waals surface area contributed by atoms with Gasteiger partial charge in [-0.3, -0.25) is 24.6 Å². The quantitative estimate of drug-likeness (QED) is 0.571. The van der Waals surface area contributed by atoms with E-state index in [1.165, 1.54) is 30.6 Å². The van der Waals surface area contributed by atoms with Gasteiger partial charge in [-0.15, -0.1) is 11.3 Å². The van der Waals surface area contributed by atoms with E-state index in [1.54, 1.807) is 24.0 Å². The number of methoxy groups -OCH3 is 1. The Kier molecular flexibility index (Phi) is 6.45. The second-order valence-corrected chi connectivity index (χ2v) is 7.56. The highest BCUT2D eigenvalue weighted by atomic mass is 32.1. The summed E-state index contributed by atoms with van der Waals surface area (Å²) in [5, 5.41) is 15.8. The van der Waals surface area contributed by atoms with E-state index in [1.807, 2.05) is 16.3 Å². The lowest BCUT2D eigenvalue weighted by Gasteiger charge is -2.37. The predicted octanol–water partition coefficient (Wildman–Crippen LogP) is 2.45. The van der Waals surface area contributed by atoms with Gasteiger partial charge in [-0.25, -0.2) is 0 Å². The van der Waals surface area contributed by atoms with E-state index in [4.69, 9.17) is 4.74 Å². The van der Waals surface area contributed by atoms with Crippen molar-refractivity contribution in [2.45, 2.75) is 13.0 Å². The van der Waals surface area contributed by atoms with Crippen LogP contribution in [0.25, 0.3) is 0 Å². The number of nitrogens with one attached hydrogen (secondary N) is 1. The summed E-state index contributed by atoms with van der Waals surface area (Å²) < 4.78 is 5.01. The average molecular weight is 418 g/mol. The van der Waals surface area contributed by atoms with Crippen molar-refractivity contribution in [3.8, 4) is 5.75 Å². The standard InChI is InChI=1S/C19H22N4O5S/c1-13(18(24)20-15-6-5-14(28-2)12-16(15)23(26)27)21-7-9-22(10-8-21)19(25)17-4-3-11-29-17/h3-6,11-13H,7-10H2,1-2H3,(H,20,24). The Labute approximate surface area is 172 Å². The molecule has 1 atom stereocenters. The number of nitro groups is 1. The molecule has 1 aromatic heterocycles. The van der Waals surface area contributed by atoms with Gasteiger partial charge in [0.05, 0.1) is 29.0 Å². The number of amides is 2. The van der Waals surface area contributed by atoms with Gasteiger partial charge >= 0.3 is 0 Å². The molecular weight excluding hydrogens is 396 g/mol. The van der Waals surface area contributed by atoms with E-state index in [9.17, 15) is 19.7 Å². The van der Waals surface area contributed by atoms with Gasteiger partial charge in [0, 0.05) is 26.2 Å². The summed E-state index contributed by atoms with van der Waals surface area (Å²) in [5.41, 5.74) is -0.101. The molecule has 2 amide bonds. The topological polar surface area (TPSA) is 105 Å². The molecule has 2 aromatic rings. The van der Waals surface area contributed by atoms with Crippen LogP contribution in [0.2, 0.25) is 0 Å². The van der Waals surface area contributed by atoms with Crippen LogP contribution in [0, 0.1) is 10.1 Å². The zero-order valence-corrected chi connectivity index (χ0v) is 17.0. The maximum atomic E-state index is 12.7. The highest BCUT2D eigenvalue weighted by molar-refractivity contribution is 7.12. The van der Waals surface area contributed by atoms with Gasteiger partial charge in [0.2, 0.25) is 5.91 Å². The number of anilines is 1. The Bertz CT molecular complexity index is 894. The third-order valence-electron chi connectivity index (χ3n) is 4.92. The van der Waals surface area contributed by atoms with Crippen molar-refractivity contribution in [1.29, 1.82) is 0 Å². The molecule has 29 heavy (non-hydrogen) atoms. The van der Waals surface area contributed by atoms with Crippen LogP contribution in [0.3, 0.4) is 0 Å². The number of hydrogen-bond donors (Lipinski definition) is 1. The number of ether oxygens (including phenoxy) is 1. The van der Waals surface area contributed by atoms with Crippen molar-refractivity contribution < 1.29 is 19.2 Å². The molecule has 3 rings (SSSR count). The zero-order valence-electron chi connectivity index (χ0n) is 16.2. The highest BCUT2D eigenvalue weighted by Gasteiger charge is 2.29. The molecule has 154 valence electrons. The molecule has 2 heterocycles. The average Bonchev–Trinajstić information content (AvgIpc) is 3.27. The van der Waals surface area contributed by atoms with Gasteiger partial charge < -0.3 is 15.0 Å². The first-order chi connectivity index (χ1) is 13.9. The molecule has 1 saturated heterocycles. The molecular formula is C19H22N4O5S. The Hall–Kier alpha value is -2.98. The first kappa shape index (κ1) is 20.7. The fourth-order valence-electron chi connectivity index (χ4n) is 3.17. The van der Waals surface area contributed by atoms with Gasteiger partial charge in [0.15, 0.2) is 0 Å². The highest BCUT2D eigenvalue weighted by Crippen LogP contribution is 2.29. The molecule has 1 aliphatic rings.